The Hall–Kier alpha value is -2.58. The van der Waals surface area contributed by atoms with E-state index in [1.165, 1.54) is 0 Å². The molecule has 3 N–H and O–H groups in total. The Morgan fingerprint density at radius 2 is 1.82 bits per heavy atom. The van der Waals surface area contributed by atoms with E-state index in [-0.39, 0.29) is 6.54 Å². The molecule has 2 aromatic rings. The summed E-state index contributed by atoms with van der Waals surface area (Å²) in [5.74, 6) is 1.38. The monoisotopic (exact) mass is 404 g/mol. The highest BCUT2D eigenvalue weighted by atomic mass is 32.2. The summed E-state index contributed by atoms with van der Waals surface area (Å²) in [6.45, 7) is 4.84. The van der Waals surface area contributed by atoms with Crippen molar-refractivity contribution in [2.45, 2.75) is 25.3 Å². The van der Waals surface area contributed by atoms with Crippen molar-refractivity contribution in [1.29, 1.82) is 0 Å². The second-order valence-corrected chi connectivity index (χ2v) is 8.07. The fraction of sp³-hybridized carbons (Fsp3) is 0.350. The molecule has 28 heavy (non-hydrogen) atoms. The van der Waals surface area contributed by atoms with Crippen LogP contribution in [-0.4, -0.2) is 41.6 Å². The zero-order chi connectivity index (χ0) is 20.6. The second kappa shape index (κ2) is 10.1. The van der Waals surface area contributed by atoms with Crippen molar-refractivity contribution in [3.8, 4) is 5.75 Å². The predicted molar refractivity (Wildman–Crippen MR) is 112 cm³/mol. The molecule has 0 atom stereocenters. The SMILES string of the molecule is CN=C(NCCNS(=O)(=O)c1cc(C)ccc1C)NCc1ccccc1OC. The lowest BCUT2D eigenvalue weighted by Crippen LogP contribution is -2.41. The number of nitrogens with one attached hydrogen (secondary N) is 3. The number of ether oxygens (including phenoxy) is 1. The summed E-state index contributed by atoms with van der Waals surface area (Å²) in [7, 11) is -0.252. The maximum atomic E-state index is 12.5. The molecular weight excluding hydrogens is 376 g/mol. The van der Waals surface area contributed by atoms with E-state index in [1.54, 1.807) is 27.1 Å². The summed E-state index contributed by atoms with van der Waals surface area (Å²) >= 11 is 0. The van der Waals surface area contributed by atoms with Crippen LogP contribution in [0.2, 0.25) is 0 Å². The number of aliphatic imine (C=N–C) groups is 1. The zero-order valence-electron chi connectivity index (χ0n) is 16.7. The van der Waals surface area contributed by atoms with E-state index >= 15 is 0 Å². The van der Waals surface area contributed by atoms with Crippen LogP contribution in [0.15, 0.2) is 52.4 Å². The topological polar surface area (TPSA) is 91.8 Å². The number of rotatable bonds is 8. The minimum absolute atomic E-state index is 0.241. The van der Waals surface area contributed by atoms with Crippen molar-refractivity contribution < 1.29 is 13.2 Å². The van der Waals surface area contributed by atoms with Gasteiger partial charge in [-0.3, -0.25) is 4.99 Å². The van der Waals surface area contributed by atoms with Crippen molar-refractivity contribution in [3.63, 3.8) is 0 Å². The maximum Gasteiger partial charge on any atom is 0.240 e. The number of guanidine groups is 1. The summed E-state index contributed by atoms with van der Waals surface area (Å²) in [4.78, 5) is 4.46. The van der Waals surface area contributed by atoms with E-state index in [9.17, 15) is 8.42 Å². The molecule has 0 unspecified atom stereocenters. The summed E-state index contributed by atoms with van der Waals surface area (Å²) in [6, 6.07) is 13.1. The molecule has 0 heterocycles. The number of benzene rings is 2. The molecular formula is C20H28N4O3S. The Balaban J connectivity index is 1.85. The van der Waals surface area contributed by atoms with Crippen LogP contribution in [0, 0.1) is 13.8 Å². The van der Waals surface area contributed by atoms with E-state index in [1.807, 2.05) is 43.3 Å². The van der Waals surface area contributed by atoms with Crippen molar-refractivity contribution in [3.05, 3.63) is 59.2 Å². The number of methoxy groups -OCH3 is 1. The Morgan fingerprint density at radius 1 is 1.07 bits per heavy atom. The van der Waals surface area contributed by atoms with Gasteiger partial charge in [0.1, 0.15) is 5.75 Å². The minimum atomic E-state index is -3.55. The number of aryl methyl sites for hydroxylation is 2. The molecule has 0 aliphatic carbocycles. The third kappa shape index (κ3) is 5.97. The first-order chi connectivity index (χ1) is 13.4. The zero-order valence-corrected chi connectivity index (χ0v) is 17.6. The first-order valence-electron chi connectivity index (χ1n) is 9.00. The van der Waals surface area contributed by atoms with E-state index in [4.69, 9.17) is 4.74 Å². The molecule has 152 valence electrons. The lowest BCUT2D eigenvalue weighted by atomic mass is 10.2. The molecule has 0 saturated carbocycles. The molecule has 0 aromatic heterocycles. The molecule has 0 radical (unpaired) electrons. The van der Waals surface area contributed by atoms with E-state index in [0.717, 1.165) is 22.4 Å². The van der Waals surface area contributed by atoms with Crippen LogP contribution >= 0.6 is 0 Å². The van der Waals surface area contributed by atoms with Gasteiger partial charge in [-0.15, -0.1) is 0 Å². The lowest BCUT2D eigenvalue weighted by Gasteiger charge is -2.14. The highest BCUT2D eigenvalue weighted by Gasteiger charge is 2.16. The third-order valence-corrected chi connectivity index (χ3v) is 5.81. The largest absolute Gasteiger partial charge is 0.496 e. The van der Waals surface area contributed by atoms with Crippen molar-refractivity contribution in [2.24, 2.45) is 4.99 Å². The normalized spacial score (nSPS) is 11.9. The van der Waals surface area contributed by atoms with Gasteiger partial charge in [-0.2, -0.15) is 0 Å². The summed E-state index contributed by atoms with van der Waals surface area (Å²) in [5.41, 5.74) is 2.63. The Bertz CT molecular complexity index is 927. The molecule has 0 bridgehead atoms. The molecule has 0 fully saturated rings. The first-order valence-corrected chi connectivity index (χ1v) is 10.5. The quantitative estimate of drug-likeness (QED) is 0.355. The van der Waals surface area contributed by atoms with Gasteiger partial charge in [0.2, 0.25) is 10.0 Å². The first kappa shape index (κ1) is 21.7. The summed E-state index contributed by atoms with van der Waals surface area (Å²) in [6.07, 6.45) is 0. The van der Waals surface area contributed by atoms with Crippen molar-refractivity contribution in [2.75, 3.05) is 27.2 Å². The molecule has 0 amide bonds. The van der Waals surface area contributed by atoms with Crippen LogP contribution in [0.5, 0.6) is 5.75 Å². The molecule has 2 rings (SSSR count). The lowest BCUT2D eigenvalue weighted by molar-refractivity contribution is 0.409. The van der Waals surface area contributed by atoms with E-state index in [0.29, 0.717) is 23.9 Å². The number of para-hydroxylation sites is 1. The highest BCUT2D eigenvalue weighted by Crippen LogP contribution is 2.17. The summed E-state index contributed by atoms with van der Waals surface area (Å²) in [5, 5.41) is 6.29. The molecule has 0 aliphatic heterocycles. The third-order valence-electron chi connectivity index (χ3n) is 4.21. The van der Waals surface area contributed by atoms with Gasteiger partial charge in [0.25, 0.3) is 0 Å². The van der Waals surface area contributed by atoms with Crippen LogP contribution in [0.25, 0.3) is 0 Å². The van der Waals surface area contributed by atoms with E-state index < -0.39 is 10.0 Å². The second-order valence-electron chi connectivity index (χ2n) is 6.33. The van der Waals surface area contributed by atoms with Crippen LogP contribution in [0.3, 0.4) is 0 Å². The standard InChI is InChI=1S/C20H28N4O3S/c1-15-9-10-16(2)19(13-15)28(25,26)24-12-11-22-20(21-3)23-14-17-7-5-6-8-18(17)27-4/h5-10,13,24H,11-12,14H2,1-4H3,(H2,21,22,23). The number of nitrogens with zero attached hydrogens (tertiary/aromatic N) is 1. The van der Waals surface area contributed by atoms with Gasteiger partial charge in [-0.25, -0.2) is 13.1 Å². The van der Waals surface area contributed by atoms with Gasteiger partial charge in [-0.1, -0.05) is 30.3 Å². The van der Waals surface area contributed by atoms with Gasteiger partial charge in [-0.05, 0) is 37.1 Å². The molecule has 2 aromatic carbocycles. The van der Waals surface area contributed by atoms with Gasteiger partial charge in [0.05, 0.1) is 12.0 Å². The predicted octanol–water partition coefficient (Wildman–Crippen LogP) is 1.96. The highest BCUT2D eigenvalue weighted by molar-refractivity contribution is 7.89. The van der Waals surface area contributed by atoms with Gasteiger partial charge in [0.15, 0.2) is 5.96 Å². The average Bonchev–Trinajstić information content (AvgIpc) is 2.69. The minimum Gasteiger partial charge on any atom is -0.496 e. The fourth-order valence-corrected chi connectivity index (χ4v) is 4.05. The summed E-state index contributed by atoms with van der Waals surface area (Å²) < 4.78 is 33.0. The Labute approximate surface area is 167 Å². The molecule has 0 saturated heterocycles. The van der Waals surface area contributed by atoms with E-state index in [2.05, 4.69) is 20.3 Å². The van der Waals surface area contributed by atoms with Crippen LogP contribution < -0.4 is 20.1 Å². The van der Waals surface area contributed by atoms with Gasteiger partial charge < -0.3 is 15.4 Å². The smallest absolute Gasteiger partial charge is 0.240 e. The fourth-order valence-electron chi connectivity index (χ4n) is 2.69. The van der Waals surface area contributed by atoms with Crippen LogP contribution in [0.4, 0.5) is 0 Å². The molecule has 8 heteroatoms. The number of hydrogen-bond acceptors (Lipinski definition) is 4. The Kier molecular flexibility index (Phi) is 7.83. The van der Waals surface area contributed by atoms with Gasteiger partial charge >= 0.3 is 0 Å². The molecule has 0 aliphatic rings. The number of hydrogen-bond donors (Lipinski definition) is 3. The molecule has 7 nitrogen and oxygen atoms in total. The van der Waals surface area contributed by atoms with Crippen molar-refractivity contribution in [1.82, 2.24) is 15.4 Å². The van der Waals surface area contributed by atoms with Crippen molar-refractivity contribution >= 4 is 16.0 Å². The van der Waals surface area contributed by atoms with Gasteiger partial charge in [0, 0.05) is 32.2 Å². The maximum absolute atomic E-state index is 12.5. The number of sulfonamides is 1. The molecule has 0 spiro atoms. The van der Waals surface area contributed by atoms with Crippen LogP contribution in [0.1, 0.15) is 16.7 Å². The average molecular weight is 405 g/mol. The van der Waals surface area contributed by atoms with Crippen LogP contribution in [-0.2, 0) is 16.6 Å². The Morgan fingerprint density at radius 3 is 2.54 bits per heavy atom.